The fourth-order valence-corrected chi connectivity index (χ4v) is 2.17. The molecule has 2 aromatic rings. The summed E-state index contributed by atoms with van der Waals surface area (Å²) in [7, 11) is 0. The van der Waals surface area contributed by atoms with Gasteiger partial charge in [0.05, 0.1) is 29.8 Å². The van der Waals surface area contributed by atoms with Crippen molar-refractivity contribution in [2.75, 3.05) is 13.2 Å². The normalized spacial score (nSPS) is 9.84. The van der Waals surface area contributed by atoms with E-state index in [0.717, 1.165) is 17.7 Å². The zero-order valence-corrected chi connectivity index (χ0v) is 17.3. The highest BCUT2D eigenvalue weighted by Crippen LogP contribution is 2.26. The fraction of sp³-hybridized carbons (Fsp3) is 0.235. The van der Waals surface area contributed by atoms with E-state index < -0.39 is 0 Å². The number of nitrogens with two attached hydrogens (primary N) is 2. The Labute approximate surface area is 174 Å². The molecule has 4 N–H and O–H groups in total. The van der Waals surface area contributed by atoms with Gasteiger partial charge in [0.1, 0.15) is 11.5 Å². The predicted octanol–water partition coefficient (Wildman–Crippen LogP) is 4.23. The fourth-order valence-electron chi connectivity index (χ4n) is 1.88. The van der Waals surface area contributed by atoms with E-state index in [1.807, 2.05) is 24.3 Å². The van der Waals surface area contributed by atoms with Gasteiger partial charge < -0.3 is 20.9 Å². The van der Waals surface area contributed by atoms with Crippen LogP contribution in [-0.4, -0.2) is 19.2 Å². The lowest BCUT2D eigenvalue weighted by Gasteiger charge is -2.09. The second-order valence-electron chi connectivity index (χ2n) is 5.01. The van der Waals surface area contributed by atoms with Gasteiger partial charge >= 0.3 is 0 Å². The van der Waals surface area contributed by atoms with Crippen LogP contribution in [0.25, 0.3) is 0 Å². The number of hydrogen-bond donors (Lipinski definition) is 2. The summed E-state index contributed by atoms with van der Waals surface area (Å²) in [6, 6.07) is 12.8. The molecule has 8 heteroatoms. The summed E-state index contributed by atoms with van der Waals surface area (Å²) in [4.78, 5) is 3.95. The van der Waals surface area contributed by atoms with Crippen molar-refractivity contribution in [2.24, 2.45) is 16.5 Å². The third-order valence-corrected chi connectivity index (χ3v) is 3.82. The van der Waals surface area contributed by atoms with Crippen molar-refractivity contribution in [2.45, 2.75) is 13.0 Å². The lowest BCUT2D eigenvalue weighted by Crippen LogP contribution is -2.22. The van der Waals surface area contributed by atoms with Crippen LogP contribution in [0.15, 0.2) is 47.5 Å². The van der Waals surface area contributed by atoms with Gasteiger partial charge in [-0.05, 0) is 29.8 Å². The molecule has 0 aromatic heterocycles. The molecular weight excluding hydrogens is 476 g/mol. The molecule has 2 rings (SSSR count). The molecule has 0 bridgehead atoms. The first kappa shape index (κ1) is 21.7. The molecule has 25 heavy (non-hydrogen) atoms. The van der Waals surface area contributed by atoms with Crippen LogP contribution in [0.3, 0.4) is 0 Å². The van der Waals surface area contributed by atoms with Crippen LogP contribution in [0.2, 0.25) is 10.0 Å². The Hall–Kier alpha value is -1.38. The molecule has 0 unspecified atom stereocenters. The van der Waals surface area contributed by atoms with E-state index in [2.05, 4.69) is 4.99 Å². The topological polar surface area (TPSA) is 82.9 Å². The van der Waals surface area contributed by atoms with E-state index in [1.54, 1.807) is 18.2 Å². The molecule has 0 aliphatic rings. The van der Waals surface area contributed by atoms with E-state index in [4.69, 9.17) is 44.1 Å². The van der Waals surface area contributed by atoms with E-state index in [0.29, 0.717) is 35.6 Å². The Bertz CT molecular complexity index is 693. The number of hydrogen-bond acceptors (Lipinski definition) is 3. The maximum Gasteiger partial charge on any atom is 0.186 e. The smallest absolute Gasteiger partial charge is 0.186 e. The van der Waals surface area contributed by atoms with Crippen LogP contribution in [0, 0.1) is 0 Å². The average molecular weight is 496 g/mol. The van der Waals surface area contributed by atoms with Gasteiger partial charge in [-0.1, -0.05) is 35.3 Å². The lowest BCUT2D eigenvalue weighted by molar-refractivity contribution is 0.247. The highest BCUT2D eigenvalue weighted by atomic mass is 127. The summed E-state index contributed by atoms with van der Waals surface area (Å²) in [5, 5.41) is 0.988. The van der Waals surface area contributed by atoms with E-state index in [9.17, 15) is 0 Å². The Morgan fingerprint density at radius 1 is 0.880 bits per heavy atom. The van der Waals surface area contributed by atoms with Crippen molar-refractivity contribution >= 4 is 53.1 Å². The van der Waals surface area contributed by atoms with E-state index >= 15 is 0 Å². The van der Waals surface area contributed by atoms with Crippen molar-refractivity contribution in [1.29, 1.82) is 0 Å². The number of guanidine groups is 1. The molecule has 0 aliphatic heterocycles. The van der Waals surface area contributed by atoms with Gasteiger partial charge in [-0.25, -0.2) is 4.99 Å². The molecule has 0 spiro atoms. The summed E-state index contributed by atoms with van der Waals surface area (Å²) >= 11 is 11.8. The first-order valence-electron chi connectivity index (χ1n) is 7.39. The molecule has 0 saturated heterocycles. The molecule has 2 aromatic carbocycles. The van der Waals surface area contributed by atoms with Crippen LogP contribution < -0.4 is 20.9 Å². The molecule has 136 valence electrons. The molecule has 0 radical (unpaired) electrons. The maximum atomic E-state index is 5.93. The third kappa shape index (κ3) is 8.02. The first-order chi connectivity index (χ1) is 11.5. The Kier molecular flexibility index (Phi) is 9.77. The van der Waals surface area contributed by atoms with Crippen LogP contribution in [0.5, 0.6) is 11.5 Å². The van der Waals surface area contributed by atoms with Crippen molar-refractivity contribution < 1.29 is 9.47 Å². The van der Waals surface area contributed by atoms with Crippen molar-refractivity contribution in [3.63, 3.8) is 0 Å². The lowest BCUT2D eigenvalue weighted by atomic mass is 10.2. The summed E-state index contributed by atoms with van der Waals surface area (Å²) < 4.78 is 11.2. The van der Waals surface area contributed by atoms with Crippen LogP contribution >= 0.6 is 47.2 Å². The summed E-state index contributed by atoms with van der Waals surface area (Å²) in [5.41, 5.74) is 11.6. The molecule has 0 amide bonds. The monoisotopic (exact) mass is 495 g/mol. The first-order valence-corrected chi connectivity index (χ1v) is 8.15. The minimum absolute atomic E-state index is 0. The minimum atomic E-state index is 0. The van der Waals surface area contributed by atoms with Gasteiger partial charge in [-0.2, -0.15) is 0 Å². The second kappa shape index (κ2) is 11.3. The summed E-state index contributed by atoms with van der Waals surface area (Å²) in [6.45, 7) is 1.54. The molecule has 0 heterocycles. The van der Waals surface area contributed by atoms with Gasteiger partial charge in [0.15, 0.2) is 5.96 Å². The number of nitrogens with zero attached hydrogens (tertiary/aromatic N) is 1. The Morgan fingerprint density at radius 2 is 1.48 bits per heavy atom. The SMILES string of the molecule is I.NC(N)=NCc1ccc(OCCCOc2ccc(Cl)c(Cl)c2)cc1. The van der Waals surface area contributed by atoms with Crippen molar-refractivity contribution in [3.8, 4) is 11.5 Å². The highest BCUT2D eigenvalue weighted by Gasteiger charge is 2.01. The van der Waals surface area contributed by atoms with Crippen LogP contribution in [0.1, 0.15) is 12.0 Å². The molecule has 0 saturated carbocycles. The molecule has 5 nitrogen and oxygen atoms in total. The van der Waals surface area contributed by atoms with Gasteiger partial charge in [0.2, 0.25) is 0 Å². The van der Waals surface area contributed by atoms with Crippen LogP contribution in [-0.2, 0) is 6.54 Å². The maximum absolute atomic E-state index is 5.93. The van der Waals surface area contributed by atoms with Crippen LogP contribution in [0.4, 0.5) is 0 Å². The summed E-state index contributed by atoms with van der Waals surface area (Å²) in [6.07, 6.45) is 0.746. The number of aliphatic imine (C=N–C) groups is 1. The Morgan fingerprint density at radius 3 is 2.08 bits per heavy atom. The highest BCUT2D eigenvalue weighted by molar-refractivity contribution is 14.0. The van der Waals surface area contributed by atoms with Gasteiger partial charge in [-0.15, -0.1) is 24.0 Å². The zero-order chi connectivity index (χ0) is 17.4. The number of benzene rings is 2. The minimum Gasteiger partial charge on any atom is -0.493 e. The molecular formula is C17H20Cl2IN3O2. The molecule has 0 atom stereocenters. The number of ether oxygens (including phenoxy) is 2. The van der Waals surface area contributed by atoms with Crippen molar-refractivity contribution in [1.82, 2.24) is 0 Å². The molecule has 0 fully saturated rings. The van der Waals surface area contributed by atoms with E-state index in [-0.39, 0.29) is 29.9 Å². The third-order valence-electron chi connectivity index (χ3n) is 3.08. The van der Waals surface area contributed by atoms with Gasteiger partial charge in [0, 0.05) is 12.5 Å². The Balaban J connectivity index is 0.00000312. The molecule has 0 aliphatic carbocycles. The predicted molar refractivity (Wildman–Crippen MR) is 113 cm³/mol. The van der Waals surface area contributed by atoms with Gasteiger partial charge in [-0.3, -0.25) is 0 Å². The zero-order valence-electron chi connectivity index (χ0n) is 13.5. The van der Waals surface area contributed by atoms with Gasteiger partial charge in [0.25, 0.3) is 0 Å². The van der Waals surface area contributed by atoms with E-state index in [1.165, 1.54) is 0 Å². The second-order valence-corrected chi connectivity index (χ2v) is 5.83. The average Bonchev–Trinajstić information content (AvgIpc) is 2.57. The standard InChI is InChI=1S/C17H19Cl2N3O2.HI/c18-15-7-6-14(10-16(15)19)24-9-1-8-23-13-4-2-12(3-5-13)11-22-17(20)21;/h2-7,10H,1,8-9,11H2,(H4,20,21,22);1H. The largest absolute Gasteiger partial charge is 0.493 e. The number of halogens is 3. The van der Waals surface area contributed by atoms with Crippen molar-refractivity contribution in [3.05, 3.63) is 58.1 Å². The number of rotatable bonds is 8. The quantitative estimate of drug-likeness (QED) is 0.248. The summed E-state index contributed by atoms with van der Waals surface area (Å²) in [5.74, 6) is 1.56.